The van der Waals surface area contributed by atoms with E-state index < -0.39 is 0 Å². The number of nitrogens with zero attached hydrogens (tertiary/aromatic N) is 4. The van der Waals surface area contributed by atoms with Gasteiger partial charge in [-0.15, -0.1) is 5.10 Å². The summed E-state index contributed by atoms with van der Waals surface area (Å²) in [5, 5.41) is 8.10. The van der Waals surface area contributed by atoms with Crippen LogP contribution in [-0.4, -0.2) is 44.8 Å². The van der Waals surface area contributed by atoms with Crippen molar-refractivity contribution in [2.24, 2.45) is 11.7 Å². The van der Waals surface area contributed by atoms with Crippen molar-refractivity contribution in [3.05, 3.63) is 41.7 Å². The van der Waals surface area contributed by atoms with Gasteiger partial charge in [0.05, 0.1) is 11.9 Å². The molecule has 7 nitrogen and oxygen atoms in total. The van der Waals surface area contributed by atoms with Gasteiger partial charge in [-0.2, -0.15) is 0 Å². The number of nitrogens with two attached hydrogens (primary N) is 1. The van der Waals surface area contributed by atoms with Crippen LogP contribution in [0.15, 0.2) is 30.5 Å². The number of rotatable bonds is 5. The highest BCUT2D eigenvalue weighted by molar-refractivity contribution is 5.92. The van der Waals surface area contributed by atoms with E-state index in [4.69, 9.17) is 5.73 Å². The van der Waals surface area contributed by atoms with E-state index in [2.05, 4.69) is 17.2 Å². The standard InChI is InChI=1S/C17H21N5O2/c1-3-11-6-4-5-7-15(11)22-10-14(19-20-22)17(24)21(2)13-8-12(9-13)16(18)23/h4-7,10,12-13H,3,8-9H2,1-2H3,(H2,18,23). The number of aryl methyl sites for hydroxylation is 1. The third kappa shape index (κ3) is 2.89. The highest BCUT2D eigenvalue weighted by atomic mass is 16.2. The van der Waals surface area contributed by atoms with E-state index in [0.717, 1.165) is 17.7 Å². The van der Waals surface area contributed by atoms with Crippen molar-refractivity contribution in [2.75, 3.05) is 7.05 Å². The lowest BCUT2D eigenvalue weighted by molar-refractivity contribution is -0.125. The van der Waals surface area contributed by atoms with Gasteiger partial charge in [0.2, 0.25) is 5.91 Å². The number of para-hydroxylation sites is 1. The minimum atomic E-state index is -0.297. The number of carbonyl (C=O) groups excluding carboxylic acids is 2. The first kappa shape index (κ1) is 16.2. The molecule has 2 amide bonds. The monoisotopic (exact) mass is 327 g/mol. The normalized spacial score (nSPS) is 19.6. The van der Waals surface area contributed by atoms with Crippen LogP contribution < -0.4 is 5.73 Å². The Morgan fingerprint density at radius 3 is 2.71 bits per heavy atom. The SMILES string of the molecule is CCc1ccccc1-n1cc(C(=O)N(C)C2CC(C(N)=O)C2)nn1. The molecule has 7 heteroatoms. The Hall–Kier alpha value is -2.70. The molecule has 1 saturated carbocycles. The van der Waals surface area contributed by atoms with Crippen molar-refractivity contribution in [3.8, 4) is 5.69 Å². The Labute approximate surface area is 140 Å². The van der Waals surface area contributed by atoms with Crippen molar-refractivity contribution in [2.45, 2.75) is 32.2 Å². The van der Waals surface area contributed by atoms with Gasteiger partial charge in [-0.25, -0.2) is 4.68 Å². The summed E-state index contributed by atoms with van der Waals surface area (Å²) in [7, 11) is 1.73. The molecule has 1 aliphatic rings. The van der Waals surface area contributed by atoms with Crippen molar-refractivity contribution in [1.29, 1.82) is 0 Å². The third-order valence-corrected chi connectivity index (χ3v) is 4.72. The van der Waals surface area contributed by atoms with Gasteiger partial charge in [-0.1, -0.05) is 30.3 Å². The minimum absolute atomic E-state index is 0.0306. The second-order valence-corrected chi connectivity index (χ2v) is 6.17. The minimum Gasteiger partial charge on any atom is -0.369 e. The van der Waals surface area contributed by atoms with Gasteiger partial charge in [0.25, 0.3) is 5.91 Å². The van der Waals surface area contributed by atoms with Crippen molar-refractivity contribution in [3.63, 3.8) is 0 Å². The summed E-state index contributed by atoms with van der Waals surface area (Å²) in [6, 6.07) is 7.92. The van der Waals surface area contributed by atoms with Gasteiger partial charge in [-0.3, -0.25) is 9.59 Å². The van der Waals surface area contributed by atoms with Crippen LogP contribution in [0.4, 0.5) is 0 Å². The van der Waals surface area contributed by atoms with Crippen LogP contribution in [0.1, 0.15) is 35.8 Å². The predicted octanol–water partition coefficient (Wildman–Crippen LogP) is 1.17. The number of amides is 2. The summed E-state index contributed by atoms with van der Waals surface area (Å²) in [5.74, 6) is -0.616. The van der Waals surface area contributed by atoms with E-state index in [1.807, 2.05) is 24.3 Å². The van der Waals surface area contributed by atoms with E-state index in [1.54, 1.807) is 22.8 Å². The molecule has 0 bridgehead atoms. The lowest BCUT2D eigenvalue weighted by Crippen LogP contribution is -2.49. The zero-order chi connectivity index (χ0) is 17.3. The lowest BCUT2D eigenvalue weighted by atomic mass is 9.79. The van der Waals surface area contributed by atoms with Gasteiger partial charge < -0.3 is 10.6 Å². The average Bonchev–Trinajstić information content (AvgIpc) is 3.01. The van der Waals surface area contributed by atoms with Crippen molar-refractivity contribution >= 4 is 11.8 Å². The van der Waals surface area contributed by atoms with Gasteiger partial charge in [0.15, 0.2) is 5.69 Å². The number of hydrogen-bond acceptors (Lipinski definition) is 4. The zero-order valence-corrected chi connectivity index (χ0v) is 13.8. The highest BCUT2D eigenvalue weighted by Gasteiger charge is 2.38. The fourth-order valence-corrected chi connectivity index (χ4v) is 3.00. The molecular weight excluding hydrogens is 306 g/mol. The van der Waals surface area contributed by atoms with Gasteiger partial charge >= 0.3 is 0 Å². The van der Waals surface area contributed by atoms with E-state index in [0.29, 0.717) is 18.5 Å². The summed E-state index contributed by atoms with van der Waals surface area (Å²) in [6.07, 6.45) is 3.75. The number of benzene rings is 1. The van der Waals surface area contributed by atoms with E-state index in [1.165, 1.54) is 0 Å². The number of primary amides is 1. The maximum absolute atomic E-state index is 12.5. The molecule has 3 rings (SSSR count). The Kier molecular flexibility index (Phi) is 4.33. The number of carbonyl (C=O) groups is 2. The quantitative estimate of drug-likeness (QED) is 0.892. The molecule has 0 atom stereocenters. The fraction of sp³-hybridized carbons (Fsp3) is 0.412. The Morgan fingerprint density at radius 1 is 1.33 bits per heavy atom. The van der Waals surface area contributed by atoms with Crippen LogP contribution in [-0.2, 0) is 11.2 Å². The first-order valence-electron chi connectivity index (χ1n) is 8.08. The molecule has 0 aliphatic heterocycles. The fourth-order valence-electron chi connectivity index (χ4n) is 3.00. The second kappa shape index (κ2) is 6.43. The van der Waals surface area contributed by atoms with E-state index >= 15 is 0 Å². The Morgan fingerprint density at radius 2 is 2.04 bits per heavy atom. The molecule has 24 heavy (non-hydrogen) atoms. The van der Waals surface area contributed by atoms with E-state index in [-0.39, 0.29) is 23.8 Å². The molecule has 1 aliphatic carbocycles. The van der Waals surface area contributed by atoms with Crippen molar-refractivity contribution < 1.29 is 9.59 Å². The van der Waals surface area contributed by atoms with Crippen LogP contribution in [0.25, 0.3) is 5.69 Å². The molecule has 1 heterocycles. The molecule has 126 valence electrons. The van der Waals surface area contributed by atoms with Crippen LogP contribution >= 0.6 is 0 Å². The molecule has 0 radical (unpaired) electrons. The summed E-state index contributed by atoms with van der Waals surface area (Å²) < 4.78 is 1.63. The van der Waals surface area contributed by atoms with Crippen LogP contribution in [0.2, 0.25) is 0 Å². The molecule has 0 saturated heterocycles. The summed E-state index contributed by atoms with van der Waals surface area (Å²) in [4.78, 5) is 25.3. The summed E-state index contributed by atoms with van der Waals surface area (Å²) >= 11 is 0. The van der Waals surface area contributed by atoms with Gasteiger partial charge in [0.1, 0.15) is 0 Å². The summed E-state index contributed by atoms with van der Waals surface area (Å²) in [5.41, 5.74) is 7.63. The maximum atomic E-state index is 12.5. The van der Waals surface area contributed by atoms with Crippen LogP contribution in [0, 0.1) is 5.92 Å². The largest absolute Gasteiger partial charge is 0.369 e. The molecule has 1 aromatic carbocycles. The molecular formula is C17H21N5O2. The smallest absolute Gasteiger partial charge is 0.276 e. The van der Waals surface area contributed by atoms with Gasteiger partial charge in [0, 0.05) is 19.0 Å². The maximum Gasteiger partial charge on any atom is 0.276 e. The molecule has 2 aromatic rings. The molecule has 2 N–H and O–H groups in total. The molecule has 0 unspecified atom stereocenters. The highest BCUT2D eigenvalue weighted by Crippen LogP contribution is 2.31. The van der Waals surface area contributed by atoms with Crippen LogP contribution in [0.3, 0.4) is 0 Å². The molecule has 0 spiro atoms. The first-order chi connectivity index (χ1) is 11.5. The summed E-state index contributed by atoms with van der Waals surface area (Å²) in [6.45, 7) is 2.07. The number of hydrogen-bond donors (Lipinski definition) is 1. The topological polar surface area (TPSA) is 94.1 Å². The average molecular weight is 327 g/mol. The molecule has 1 aromatic heterocycles. The first-order valence-corrected chi connectivity index (χ1v) is 8.08. The van der Waals surface area contributed by atoms with Gasteiger partial charge in [-0.05, 0) is 30.9 Å². The van der Waals surface area contributed by atoms with E-state index in [9.17, 15) is 9.59 Å². The number of aromatic nitrogens is 3. The Balaban J connectivity index is 1.73. The predicted molar refractivity (Wildman–Crippen MR) is 88.5 cm³/mol. The Bertz CT molecular complexity index is 764. The van der Waals surface area contributed by atoms with Crippen molar-refractivity contribution in [1.82, 2.24) is 19.9 Å². The van der Waals surface area contributed by atoms with Crippen LogP contribution in [0.5, 0.6) is 0 Å². The third-order valence-electron chi connectivity index (χ3n) is 4.72. The zero-order valence-electron chi connectivity index (χ0n) is 13.8. The molecule has 1 fully saturated rings. The lowest BCUT2D eigenvalue weighted by Gasteiger charge is -2.39. The second-order valence-electron chi connectivity index (χ2n) is 6.17.